The lowest BCUT2D eigenvalue weighted by molar-refractivity contribution is -0.485. The molecule has 160 valence electrons. The second-order valence-corrected chi connectivity index (χ2v) is 7.08. The highest BCUT2D eigenvalue weighted by Crippen LogP contribution is 2.50. The molecule has 1 aliphatic carbocycles. The molecule has 1 fully saturated rings. The Bertz CT molecular complexity index is 1060. The average Bonchev–Trinajstić information content (AvgIpc) is 2.72. The fraction of sp³-hybridized carbons (Fsp3) is 0.263. The molecule has 12 nitrogen and oxygen atoms in total. The second-order valence-electron chi connectivity index (χ2n) is 7.08. The minimum Gasteiger partial charge on any atom is -0.325 e. The summed E-state index contributed by atoms with van der Waals surface area (Å²) in [6.45, 7) is -0.682. The monoisotopic (exact) mass is 428 g/mol. The van der Waals surface area contributed by atoms with Crippen molar-refractivity contribution in [3.05, 3.63) is 84.4 Å². The minimum atomic E-state index is -1.76. The van der Waals surface area contributed by atoms with Gasteiger partial charge in [0.15, 0.2) is 0 Å². The van der Waals surface area contributed by atoms with Gasteiger partial charge in [0.05, 0.1) is 27.5 Å². The third-order valence-corrected chi connectivity index (χ3v) is 5.36. The normalized spacial score (nSPS) is 18.5. The van der Waals surface area contributed by atoms with Crippen molar-refractivity contribution in [3.8, 4) is 0 Å². The Balaban J connectivity index is 2.02. The van der Waals surface area contributed by atoms with Gasteiger partial charge in [-0.2, -0.15) is 0 Å². The molecule has 0 saturated heterocycles. The number of carbonyl (C=O) groups is 2. The van der Waals surface area contributed by atoms with Crippen LogP contribution in [0.25, 0.3) is 0 Å². The zero-order valence-corrected chi connectivity index (χ0v) is 15.9. The summed E-state index contributed by atoms with van der Waals surface area (Å²) in [6, 6.07) is 10.7. The van der Waals surface area contributed by atoms with Gasteiger partial charge in [-0.05, 0) is 12.0 Å². The summed E-state index contributed by atoms with van der Waals surface area (Å²) in [5.74, 6) is -2.46. The molecule has 1 amide bonds. The number of hydrogen-bond donors (Lipinski definition) is 1. The number of amides is 1. The van der Waals surface area contributed by atoms with Gasteiger partial charge in [-0.1, -0.05) is 30.3 Å². The lowest BCUT2D eigenvalue weighted by Crippen LogP contribution is -2.55. The highest BCUT2D eigenvalue weighted by Gasteiger charge is 2.59. The van der Waals surface area contributed by atoms with Crippen LogP contribution in [0, 0.1) is 35.8 Å². The van der Waals surface area contributed by atoms with Gasteiger partial charge in [0.25, 0.3) is 11.4 Å². The van der Waals surface area contributed by atoms with Crippen molar-refractivity contribution >= 4 is 28.8 Å². The largest absolute Gasteiger partial charge is 0.325 e. The lowest BCUT2D eigenvalue weighted by atomic mass is 9.57. The first-order chi connectivity index (χ1) is 14.6. The Kier molecular flexibility index (Phi) is 5.72. The third-order valence-electron chi connectivity index (χ3n) is 5.36. The number of ketones is 1. The standard InChI is InChI=1S/C19H16N4O8/c24-17-6-7-19(17,16(11-21(26)27)12-4-2-1-3-5-12)18(25)20-13-8-14(22(28)29)10-15(9-13)23(30)31/h1-5,8-10,16H,6-7,11H2,(H,20,25)/t16-,19+/m0/s1. The SMILES string of the molecule is O=C1CC[C@@]1(C(=O)Nc1cc([N+](=O)[O-])cc([N+](=O)[O-])c1)[C@@H](C[N+](=O)[O-])c1ccccc1. The van der Waals surface area contributed by atoms with Gasteiger partial charge in [0, 0.05) is 23.5 Å². The maximum atomic E-state index is 13.2. The number of nitro benzene ring substituents is 2. The van der Waals surface area contributed by atoms with Crippen LogP contribution in [0.4, 0.5) is 17.1 Å². The summed E-state index contributed by atoms with van der Waals surface area (Å²) in [4.78, 5) is 57.0. The van der Waals surface area contributed by atoms with Gasteiger partial charge in [-0.25, -0.2) is 0 Å². The molecule has 2 aromatic rings. The Morgan fingerprint density at radius 2 is 1.58 bits per heavy atom. The van der Waals surface area contributed by atoms with Crippen molar-refractivity contribution in [2.45, 2.75) is 18.8 Å². The number of nitrogens with zero attached hydrogens (tertiary/aromatic N) is 3. The van der Waals surface area contributed by atoms with Crippen molar-refractivity contribution in [1.29, 1.82) is 0 Å². The number of Topliss-reactive ketones (excluding diaryl/α,β-unsaturated/α-hetero) is 1. The Labute approximate surface area is 174 Å². The minimum absolute atomic E-state index is 0.0437. The van der Waals surface area contributed by atoms with Gasteiger partial charge < -0.3 is 5.32 Å². The smallest absolute Gasteiger partial charge is 0.278 e. The fourth-order valence-electron chi connectivity index (χ4n) is 3.76. The highest BCUT2D eigenvalue weighted by atomic mass is 16.6. The Morgan fingerprint density at radius 1 is 1.00 bits per heavy atom. The van der Waals surface area contributed by atoms with Crippen LogP contribution in [-0.2, 0) is 9.59 Å². The van der Waals surface area contributed by atoms with Crippen LogP contribution in [0.15, 0.2) is 48.5 Å². The molecule has 0 spiro atoms. The Morgan fingerprint density at radius 3 is 2.00 bits per heavy atom. The van der Waals surface area contributed by atoms with Crippen LogP contribution in [0.5, 0.6) is 0 Å². The van der Waals surface area contributed by atoms with Crippen LogP contribution in [-0.4, -0.2) is 33.0 Å². The molecule has 0 bridgehead atoms. The highest BCUT2D eigenvalue weighted by molar-refractivity contribution is 6.15. The van der Waals surface area contributed by atoms with Gasteiger partial charge in [-0.3, -0.25) is 39.9 Å². The molecule has 0 unspecified atom stereocenters. The summed E-state index contributed by atoms with van der Waals surface area (Å²) in [7, 11) is 0. The van der Waals surface area contributed by atoms with Crippen LogP contribution >= 0.6 is 0 Å². The van der Waals surface area contributed by atoms with E-state index in [0.717, 1.165) is 18.2 Å². The van der Waals surface area contributed by atoms with Crippen molar-refractivity contribution in [2.24, 2.45) is 5.41 Å². The van der Waals surface area contributed by atoms with Gasteiger partial charge in [0.2, 0.25) is 12.5 Å². The molecule has 12 heteroatoms. The zero-order chi connectivity index (χ0) is 22.8. The summed E-state index contributed by atoms with van der Waals surface area (Å²) in [6.07, 6.45) is 0.0889. The maximum absolute atomic E-state index is 13.2. The number of rotatable bonds is 8. The number of non-ortho nitro benzene ring substituents is 2. The van der Waals surface area contributed by atoms with Crippen LogP contribution in [0.2, 0.25) is 0 Å². The number of anilines is 1. The summed E-state index contributed by atoms with van der Waals surface area (Å²) >= 11 is 0. The van der Waals surface area contributed by atoms with E-state index in [1.165, 1.54) is 0 Å². The Hall–Kier alpha value is -4.22. The predicted octanol–water partition coefficient (Wildman–Crippen LogP) is 2.85. The third kappa shape index (κ3) is 4.08. The molecule has 1 saturated carbocycles. The molecule has 3 rings (SSSR count). The fourth-order valence-corrected chi connectivity index (χ4v) is 3.76. The maximum Gasteiger partial charge on any atom is 0.278 e. The van der Waals surface area contributed by atoms with E-state index in [4.69, 9.17) is 0 Å². The van der Waals surface area contributed by atoms with Crippen molar-refractivity contribution in [3.63, 3.8) is 0 Å². The van der Waals surface area contributed by atoms with E-state index in [9.17, 15) is 39.9 Å². The van der Waals surface area contributed by atoms with Gasteiger partial charge >= 0.3 is 0 Å². The molecule has 0 radical (unpaired) electrons. The quantitative estimate of drug-likeness (QED) is 0.379. The predicted molar refractivity (Wildman–Crippen MR) is 106 cm³/mol. The molecule has 0 heterocycles. The number of hydrogen-bond acceptors (Lipinski definition) is 8. The van der Waals surface area contributed by atoms with E-state index >= 15 is 0 Å². The molecule has 0 aromatic heterocycles. The average molecular weight is 428 g/mol. The van der Waals surface area contributed by atoms with E-state index < -0.39 is 55.7 Å². The molecule has 2 atom stereocenters. The van der Waals surface area contributed by atoms with Crippen LogP contribution < -0.4 is 5.32 Å². The van der Waals surface area contributed by atoms with Gasteiger partial charge in [-0.15, -0.1) is 0 Å². The molecule has 31 heavy (non-hydrogen) atoms. The first-order valence-corrected chi connectivity index (χ1v) is 9.10. The number of nitrogens with one attached hydrogen (secondary N) is 1. The summed E-state index contributed by atoms with van der Waals surface area (Å²) < 4.78 is 0. The second kappa shape index (κ2) is 8.26. The molecule has 1 aliphatic rings. The van der Waals surface area contributed by atoms with E-state index in [2.05, 4.69) is 5.32 Å². The molecule has 2 aromatic carbocycles. The number of nitro groups is 3. The van der Waals surface area contributed by atoms with Crippen molar-refractivity contribution < 1.29 is 24.4 Å². The van der Waals surface area contributed by atoms with E-state index in [0.29, 0.717) is 5.56 Å². The zero-order valence-electron chi connectivity index (χ0n) is 15.9. The number of benzene rings is 2. The van der Waals surface area contributed by atoms with E-state index in [1.807, 2.05) is 0 Å². The summed E-state index contributed by atoms with van der Waals surface area (Å²) in [5.41, 5.74) is -2.83. The van der Waals surface area contributed by atoms with Gasteiger partial charge in [0.1, 0.15) is 11.2 Å². The molecular weight excluding hydrogens is 412 g/mol. The first kappa shape index (κ1) is 21.5. The first-order valence-electron chi connectivity index (χ1n) is 9.10. The lowest BCUT2D eigenvalue weighted by Gasteiger charge is -2.42. The van der Waals surface area contributed by atoms with Crippen LogP contribution in [0.3, 0.4) is 0 Å². The summed E-state index contributed by atoms with van der Waals surface area (Å²) in [5, 5.41) is 35.8. The molecule has 0 aliphatic heterocycles. The molecular formula is C19H16N4O8. The topological polar surface area (TPSA) is 176 Å². The van der Waals surface area contributed by atoms with Crippen molar-refractivity contribution in [2.75, 3.05) is 11.9 Å². The van der Waals surface area contributed by atoms with Crippen LogP contribution in [0.1, 0.15) is 24.3 Å². The molecule has 1 N–H and O–H groups in total. The van der Waals surface area contributed by atoms with Crippen molar-refractivity contribution in [1.82, 2.24) is 0 Å². The van der Waals surface area contributed by atoms with E-state index in [-0.39, 0.29) is 18.5 Å². The van der Waals surface area contributed by atoms with E-state index in [1.54, 1.807) is 30.3 Å². The number of carbonyl (C=O) groups excluding carboxylic acids is 2.